The molecule has 0 unspecified atom stereocenters. The summed E-state index contributed by atoms with van der Waals surface area (Å²) >= 11 is 0. The molecule has 1 aromatic carbocycles. The Hall–Kier alpha value is -3.16. The number of carbonyl (C=O) groups is 1. The van der Waals surface area contributed by atoms with E-state index in [1.807, 2.05) is 0 Å². The number of pyridine rings is 1. The molecule has 8 heteroatoms. The van der Waals surface area contributed by atoms with Crippen molar-refractivity contribution in [1.82, 2.24) is 4.98 Å². The number of rotatable bonds is 4. The van der Waals surface area contributed by atoms with Gasteiger partial charge in [-0.15, -0.1) is 0 Å². The van der Waals surface area contributed by atoms with E-state index < -0.39 is 22.3 Å². The van der Waals surface area contributed by atoms with Crippen LogP contribution in [0.5, 0.6) is 17.2 Å². The molecule has 0 fully saturated rings. The topological polar surface area (TPSA) is 129 Å². The van der Waals surface area contributed by atoms with Crippen LogP contribution in [-0.2, 0) is 0 Å². The number of nitro groups is 1. The molecule has 2 aromatic rings. The second kappa shape index (κ2) is 5.22. The molecule has 0 radical (unpaired) electrons. The van der Waals surface area contributed by atoms with E-state index in [-0.39, 0.29) is 17.2 Å². The largest absolute Gasteiger partial charge is 0.502 e. The summed E-state index contributed by atoms with van der Waals surface area (Å²) in [6.45, 7) is 0. The molecule has 0 saturated heterocycles. The zero-order valence-corrected chi connectivity index (χ0v) is 10.0. The lowest BCUT2D eigenvalue weighted by atomic mass is 10.2. The van der Waals surface area contributed by atoms with Crippen LogP contribution in [0.25, 0.3) is 0 Å². The van der Waals surface area contributed by atoms with Crippen LogP contribution in [0.4, 0.5) is 5.69 Å². The van der Waals surface area contributed by atoms with Crippen molar-refractivity contribution in [3.8, 4) is 17.2 Å². The number of nitrogens with two attached hydrogens (primary N) is 1. The minimum Gasteiger partial charge on any atom is -0.502 e. The van der Waals surface area contributed by atoms with E-state index in [1.165, 1.54) is 24.4 Å². The number of primary amides is 1. The number of nitro benzene ring substituents is 1. The van der Waals surface area contributed by atoms with Crippen molar-refractivity contribution in [2.75, 3.05) is 0 Å². The van der Waals surface area contributed by atoms with Gasteiger partial charge in [0.2, 0.25) is 0 Å². The van der Waals surface area contributed by atoms with Gasteiger partial charge in [-0.2, -0.15) is 0 Å². The van der Waals surface area contributed by atoms with E-state index in [2.05, 4.69) is 4.98 Å². The highest BCUT2D eigenvalue weighted by Crippen LogP contribution is 2.32. The summed E-state index contributed by atoms with van der Waals surface area (Å²) in [7, 11) is 0. The minimum absolute atomic E-state index is 0.00998. The smallest absolute Gasteiger partial charge is 0.314 e. The van der Waals surface area contributed by atoms with Crippen LogP contribution < -0.4 is 10.5 Å². The Bertz CT molecular complexity index is 687. The van der Waals surface area contributed by atoms with Crippen molar-refractivity contribution in [2.45, 2.75) is 0 Å². The third kappa shape index (κ3) is 2.80. The van der Waals surface area contributed by atoms with Crippen molar-refractivity contribution < 1.29 is 19.6 Å². The molecule has 0 aliphatic rings. The van der Waals surface area contributed by atoms with Crippen LogP contribution in [0.3, 0.4) is 0 Å². The summed E-state index contributed by atoms with van der Waals surface area (Å²) in [5.74, 6) is -0.799. The van der Waals surface area contributed by atoms with Gasteiger partial charge in [0.15, 0.2) is 5.75 Å². The summed E-state index contributed by atoms with van der Waals surface area (Å²) in [6.07, 6.45) is 1.32. The SMILES string of the molecule is NC(=O)c1cc(Oc2ccc(O)c([N+](=O)[O-])c2)ccn1. The quantitative estimate of drug-likeness (QED) is 0.643. The zero-order valence-electron chi connectivity index (χ0n) is 10.0. The Morgan fingerprint density at radius 1 is 1.30 bits per heavy atom. The van der Waals surface area contributed by atoms with Gasteiger partial charge in [-0.3, -0.25) is 19.9 Å². The molecule has 0 spiro atoms. The molecular formula is C12H9N3O5. The first kappa shape index (κ1) is 13.3. The molecule has 0 bridgehead atoms. The molecule has 1 amide bonds. The second-order valence-corrected chi connectivity index (χ2v) is 3.75. The van der Waals surface area contributed by atoms with Crippen molar-refractivity contribution in [3.63, 3.8) is 0 Å². The fourth-order valence-corrected chi connectivity index (χ4v) is 1.46. The normalized spacial score (nSPS) is 10.0. The van der Waals surface area contributed by atoms with Gasteiger partial charge in [0, 0.05) is 12.3 Å². The van der Waals surface area contributed by atoms with Gasteiger partial charge < -0.3 is 15.6 Å². The first-order valence-corrected chi connectivity index (χ1v) is 5.38. The van der Waals surface area contributed by atoms with E-state index in [0.717, 1.165) is 12.1 Å². The third-order valence-corrected chi connectivity index (χ3v) is 2.36. The summed E-state index contributed by atoms with van der Waals surface area (Å²) in [5.41, 5.74) is 4.61. The molecule has 20 heavy (non-hydrogen) atoms. The first-order valence-electron chi connectivity index (χ1n) is 5.38. The number of nitrogens with zero attached hydrogens (tertiary/aromatic N) is 2. The van der Waals surface area contributed by atoms with Crippen LogP contribution in [0, 0.1) is 10.1 Å². The van der Waals surface area contributed by atoms with Crippen LogP contribution in [-0.4, -0.2) is 20.9 Å². The van der Waals surface area contributed by atoms with Crippen molar-refractivity contribution in [1.29, 1.82) is 0 Å². The molecule has 8 nitrogen and oxygen atoms in total. The fraction of sp³-hybridized carbons (Fsp3) is 0. The summed E-state index contributed by atoms with van der Waals surface area (Å²) < 4.78 is 5.35. The van der Waals surface area contributed by atoms with E-state index in [0.29, 0.717) is 0 Å². The molecule has 0 saturated carbocycles. The van der Waals surface area contributed by atoms with Crippen molar-refractivity contribution in [3.05, 3.63) is 52.3 Å². The van der Waals surface area contributed by atoms with Crippen LogP contribution in [0.1, 0.15) is 10.5 Å². The Labute approximate surface area is 112 Å². The number of carbonyl (C=O) groups excluding carboxylic acids is 1. The average Bonchev–Trinajstić information content (AvgIpc) is 2.41. The predicted octanol–water partition coefficient (Wildman–Crippen LogP) is 1.59. The standard InChI is InChI=1S/C12H9N3O5/c13-12(17)9-5-8(3-4-14-9)20-7-1-2-11(16)10(6-7)15(18)19/h1-6,16H,(H2,13,17). The number of aromatic hydroxyl groups is 1. The number of phenols is 1. The number of phenolic OH excluding ortho intramolecular Hbond substituents is 1. The molecular weight excluding hydrogens is 266 g/mol. The van der Waals surface area contributed by atoms with E-state index in [9.17, 15) is 20.0 Å². The van der Waals surface area contributed by atoms with E-state index in [4.69, 9.17) is 10.5 Å². The lowest BCUT2D eigenvalue weighted by molar-refractivity contribution is -0.385. The van der Waals surface area contributed by atoms with E-state index in [1.54, 1.807) is 0 Å². The van der Waals surface area contributed by atoms with Gasteiger partial charge in [-0.25, -0.2) is 0 Å². The Morgan fingerprint density at radius 2 is 2.00 bits per heavy atom. The van der Waals surface area contributed by atoms with Gasteiger partial charge in [-0.05, 0) is 18.2 Å². The maximum atomic E-state index is 11.0. The number of benzene rings is 1. The minimum atomic E-state index is -0.733. The Morgan fingerprint density at radius 3 is 2.65 bits per heavy atom. The number of amides is 1. The van der Waals surface area contributed by atoms with Gasteiger partial charge >= 0.3 is 5.69 Å². The monoisotopic (exact) mass is 275 g/mol. The lowest BCUT2D eigenvalue weighted by Gasteiger charge is -2.06. The molecule has 102 valence electrons. The molecule has 0 aliphatic heterocycles. The predicted molar refractivity (Wildman–Crippen MR) is 67.6 cm³/mol. The molecule has 1 aromatic heterocycles. The Kier molecular flexibility index (Phi) is 3.47. The van der Waals surface area contributed by atoms with E-state index >= 15 is 0 Å². The Balaban J connectivity index is 2.30. The highest BCUT2D eigenvalue weighted by atomic mass is 16.6. The molecule has 0 atom stereocenters. The second-order valence-electron chi connectivity index (χ2n) is 3.75. The fourth-order valence-electron chi connectivity index (χ4n) is 1.46. The number of hydrogen-bond donors (Lipinski definition) is 2. The highest BCUT2D eigenvalue weighted by Gasteiger charge is 2.15. The van der Waals surface area contributed by atoms with Crippen molar-refractivity contribution in [2.24, 2.45) is 5.73 Å². The van der Waals surface area contributed by atoms with Gasteiger partial charge in [0.25, 0.3) is 5.91 Å². The summed E-state index contributed by atoms with van der Waals surface area (Å²) in [6, 6.07) is 6.34. The highest BCUT2D eigenvalue weighted by molar-refractivity contribution is 5.91. The van der Waals surface area contributed by atoms with Gasteiger partial charge in [0.1, 0.15) is 17.2 Å². The van der Waals surface area contributed by atoms with Crippen LogP contribution in [0.15, 0.2) is 36.5 Å². The number of aromatic nitrogens is 1. The van der Waals surface area contributed by atoms with Crippen LogP contribution >= 0.6 is 0 Å². The van der Waals surface area contributed by atoms with Crippen LogP contribution in [0.2, 0.25) is 0 Å². The maximum absolute atomic E-state index is 11.0. The molecule has 0 aliphatic carbocycles. The number of ether oxygens (including phenoxy) is 1. The first-order chi connectivity index (χ1) is 9.47. The van der Waals surface area contributed by atoms with Crippen molar-refractivity contribution >= 4 is 11.6 Å². The maximum Gasteiger partial charge on any atom is 0.314 e. The summed E-state index contributed by atoms with van der Waals surface area (Å²) in [4.78, 5) is 24.7. The summed E-state index contributed by atoms with van der Waals surface area (Å²) in [5, 5.41) is 20.0. The lowest BCUT2D eigenvalue weighted by Crippen LogP contribution is -2.12. The number of hydrogen-bond acceptors (Lipinski definition) is 6. The molecule has 3 N–H and O–H groups in total. The van der Waals surface area contributed by atoms with Gasteiger partial charge in [-0.1, -0.05) is 0 Å². The average molecular weight is 275 g/mol. The molecule has 1 heterocycles. The molecule has 2 rings (SSSR count). The third-order valence-electron chi connectivity index (χ3n) is 2.36. The van der Waals surface area contributed by atoms with Gasteiger partial charge in [0.05, 0.1) is 11.0 Å². The zero-order chi connectivity index (χ0) is 14.7.